The molecule has 1 unspecified atom stereocenters. The smallest absolute Gasteiger partial charge is 0.370 e. The monoisotopic (exact) mass is 171 g/mol. The maximum absolute atomic E-state index is 11.6. The predicted molar refractivity (Wildman–Crippen MR) is 35.0 cm³/mol. The van der Waals surface area contributed by atoms with E-state index in [2.05, 4.69) is 0 Å². The lowest BCUT2D eigenvalue weighted by molar-refractivity contribution is -0.213. The molecule has 0 rings (SSSR count). The summed E-state index contributed by atoms with van der Waals surface area (Å²) in [5.41, 5.74) is 0. The molecule has 0 aromatic rings. The zero-order valence-corrected chi connectivity index (χ0v) is 6.28. The third kappa shape index (κ3) is 5.03. The molecule has 0 aliphatic rings. The van der Waals surface area contributed by atoms with Gasteiger partial charge in [0, 0.05) is 0 Å². The number of unbranched alkanes of at least 4 members (excludes halogenated alkanes) is 1. The van der Waals surface area contributed by atoms with Crippen molar-refractivity contribution in [3.8, 4) is 0 Å². The van der Waals surface area contributed by atoms with Gasteiger partial charge in [0.1, 0.15) is 0 Å². The minimum Gasteiger partial charge on any atom is -0.370 e. The van der Waals surface area contributed by atoms with E-state index < -0.39 is 12.4 Å². The molecular formula is C6H12F3NO. The molecule has 0 amide bonds. The maximum atomic E-state index is 11.6. The van der Waals surface area contributed by atoms with Crippen molar-refractivity contribution in [3.63, 3.8) is 0 Å². The zero-order chi connectivity index (χ0) is 8.91. The Labute approximate surface area is 63.4 Å². The SMILES string of the molecule is CCCCNC(O)C(F)(F)F. The summed E-state index contributed by atoms with van der Waals surface area (Å²) in [4.78, 5) is 0. The third-order valence-corrected chi connectivity index (χ3v) is 1.18. The van der Waals surface area contributed by atoms with Crippen LogP contribution < -0.4 is 5.32 Å². The molecule has 0 saturated heterocycles. The number of hydrogen-bond donors (Lipinski definition) is 2. The molecule has 0 bridgehead atoms. The lowest BCUT2D eigenvalue weighted by Crippen LogP contribution is -2.42. The van der Waals surface area contributed by atoms with Crippen LogP contribution in [0.25, 0.3) is 0 Å². The molecule has 5 heteroatoms. The highest BCUT2D eigenvalue weighted by atomic mass is 19.4. The van der Waals surface area contributed by atoms with Crippen LogP contribution >= 0.6 is 0 Å². The first kappa shape index (κ1) is 10.7. The molecule has 0 saturated carbocycles. The second-order valence-electron chi connectivity index (χ2n) is 2.25. The Bertz CT molecular complexity index is 104. The van der Waals surface area contributed by atoms with Crippen molar-refractivity contribution >= 4 is 0 Å². The van der Waals surface area contributed by atoms with Crippen LogP contribution in [0.5, 0.6) is 0 Å². The first-order chi connectivity index (χ1) is 4.98. The van der Waals surface area contributed by atoms with Gasteiger partial charge in [-0.3, -0.25) is 5.32 Å². The summed E-state index contributed by atoms with van der Waals surface area (Å²) >= 11 is 0. The van der Waals surface area contributed by atoms with Crippen LogP contribution in [-0.2, 0) is 0 Å². The van der Waals surface area contributed by atoms with Crippen molar-refractivity contribution in [1.82, 2.24) is 5.32 Å². The number of nitrogens with one attached hydrogen (secondary N) is 1. The molecule has 68 valence electrons. The largest absolute Gasteiger partial charge is 0.427 e. The van der Waals surface area contributed by atoms with Crippen LogP contribution in [0.15, 0.2) is 0 Å². The Kier molecular flexibility index (Phi) is 4.44. The van der Waals surface area contributed by atoms with Crippen molar-refractivity contribution < 1.29 is 18.3 Å². The van der Waals surface area contributed by atoms with Crippen molar-refractivity contribution in [3.05, 3.63) is 0 Å². The Morgan fingerprint density at radius 2 is 2.00 bits per heavy atom. The Morgan fingerprint density at radius 3 is 2.36 bits per heavy atom. The standard InChI is InChI=1S/C6H12F3NO/c1-2-3-4-10-5(11)6(7,8)9/h5,10-11H,2-4H2,1H3. The van der Waals surface area contributed by atoms with E-state index in [4.69, 9.17) is 5.11 Å². The Hall–Kier alpha value is -0.290. The van der Waals surface area contributed by atoms with Gasteiger partial charge in [0.15, 0.2) is 0 Å². The molecule has 11 heavy (non-hydrogen) atoms. The average molecular weight is 171 g/mol. The fourth-order valence-corrected chi connectivity index (χ4v) is 0.531. The number of halogens is 3. The van der Waals surface area contributed by atoms with Crippen LogP contribution in [-0.4, -0.2) is 24.1 Å². The topological polar surface area (TPSA) is 32.3 Å². The van der Waals surface area contributed by atoms with E-state index in [1.807, 2.05) is 12.2 Å². The average Bonchev–Trinajstić information content (AvgIpc) is 1.86. The summed E-state index contributed by atoms with van der Waals surface area (Å²) in [7, 11) is 0. The van der Waals surface area contributed by atoms with E-state index in [1.165, 1.54) is 0 Å². The van der Waals surface area contributed by atoms with Gasteiger partial charge in [0.05, 0.1) is 0 Å². The number of aliphatic hydroxyl groups excluding tert-OH is 1. The fraction of sp³-hybridized carbons (Fsp3) is 1.00. The molecule has 2 N–H and O–H groups in total. The summed E-state index contributed by atoms with van der Waals surface area (Å²) in [5, 5.41) is 10.3. The lowest BCUT2D eigenvalue weighted by Gasteiger charge is -2.15. The first-order valence-corrected chi connectivity index (χ1v) is 3.46. The van der Waals surface area contributed by atoms with Gasteiger partial charge in [-0.1, -0.05) is 13.3 Å². The van der Waals surface area contributed by atoms with Crippen LogP contribution in [0.2, 0.25) is 0 Å². The van der Waals surface area contributed by atoms with Gasteiger partial charge < -0.3 is 5.11 Å². The summed E-state index contributed by atoms with van der Waals surface area (Å²) in [6, 6.07) is 0. The summed E-state index contributed by atoms with van der Waals surface area (Å²) in [6.07, 6.45) is -5.49. The molecule has 0 aliphatic carbocycles. The molecule has 0 aromatic carbocycles. The van der Waals surface area contributed by atoms with Crippen molar-refractivity contribution in [2.24, 2.45) is 0 Å². The van der Waals surface area contributed by atoms with E-state index in [0.29, 0.717) is 6.42 Å². The van der Waals surface area contributed by atoms with Crippen molar-refractivity contribution in [1.29, 1.82) is 0 Å². The van der Waals surface area contributed by atoms with E-state index in [0.717, 1.165) is 6.42 Å². The summed E-state index contributed by atoms with van der Waals surface area (Å²) in [5.74, 6) is 0. The van der Waals surface area contributed by atoms with Crippen LogP contribution in [0.4, 0.5) is 13.2 Å². The summed E-state index contributed by atoms with van der Waals surface area (Å²) in [6.45, 7) is 2.05. The highest BCUT2D eigenvalue weighted by Crippen LogP contribution is 2.17. The predicted octanol–water partition coefficient (Wildman–Crippen LogP) is 1.26. The second-order valence-corrected chi connectivity index (χ2v) is 2.25. The van der Waals surface area contributed by atoms with Crippen LogP contribution in [0, 0.1) is 0 Å². The molecule has 0 fully saturated rings. The van der Waals surface area contributed by atoms with Crippen molar-refractivity contribution in [2.75, 3.05) is 6.54 Å². The highest BCUT2D eigenvalue weighted by molar-refractivity contribution is 4.61. The maximum Gasteiger partial charge on any atom is 0.427 e. The van der Waals surface area contributed by atoms with E-state index in [9.17, 15) is 13.2 Å². The Morgan fingerprint density at radius 1 is 1.45 bits per heavy atom. The normalized spacial score (nSPS) is 15.0. The third-order valence-electron chi connectivity index (χ3n) is 1.18. The molecule has 0 aliphatic heterocycles. The highest BCUT2D eigenvalue weighted by Gasteiger charge is 2.37. The van der Waals surface area contributed by atoms with E-state index >= 15 is 0 Å². The van der Waals surface area contributed by atoms with E-state index in [1.54, 1.807) is 0 Å². The van der Waals surface area contributed by atoms with E-state index in [-0.39, 0.29) is 6.54 Å². The second kappa shape index (κ2) is 4.56. The van der Waals surface area contributed by atoms with Gasteiger partial charge in [-0.25, -0.2) is 0 Å². The number of alkyl halides is 3. The molecular weight excluding hydrogens is 159 g/mol. The molecule has 0 spiro atoms. The number of rotatable bonds is 4. The van der Waals surface area contributed by atoms with Gasteiger partial charge in [-0.15, -0.1) is 0 Å². The number of hydrogen-bond acceptors (Lipinski definition) is 2. The molecule has 0 radical (unpaired) electrons. The minimum atomic E-state index is -4.55. The molecule has 0 aromatic heterocycles. The van der Waals surface area contributed by atoms with Crippen molar-refractivity contribution in [2.45, 2.75) is 32.2 Å². The fourth-order valence-electron chi connectivity index (χ4n) is 0.531. The minimum absolute atomic E-state index is 0.192. The lowest BCUT2D eigenvalue weighted by atomic mass is 10.3. The van der Waals surface area contributed by atoms with Gasteiger partial charge in [0.25, 0.3) is 0 Å². The number of aliphatic hydroxyl groups is 1. The first-order valence-electron chi connectivity index (χ1n) is 3.46. The Balaban J connectivity index is 3.44. The molecule has 1 atom stereocenters. The van der Waals surface area contributed by atoms with Gasteiger partial charge in [-0.2, -0.15) is 13.2 Å². The van der Waals surface area contributed by atoms with Gasteiger partial charge in [-0.05, 0) is 13.0 Å². The van der Waals surface area contributed by atoms with Gasteiger partial charge >= 0.3 is 6.18 Å². The van der Waals surface area contributed by atoms with Crippen LogP contribution in [0.3, 0.4) is 0 Å². The molecule has 2 nitrogen and oxygen atoms in total. The summed E-state index contributed by atoms with van der Waals surface area (Å²) < 4.78 is 34.7. The molecule has 0 heterocycles. The van der Waals surface area contributed by atoms with Crippen LogP contribution in [0.1, 0.15) is 19.8 Å². The zero-order valence-electron chi connectivity index (χ0n) is 6.28. The quantitative estimate of drug-likeness (QED) is 0.493. The van der Waals surface area contributed by atoms with Gasteiger partial charge in [0.2, 0.25) is 6.23 Å².